The molecule has 3 rings (SSSR count). The second-order valence-corrected chi connectivity index (χ2v) is 8.16. The third-order valence-corrected chi connectivity index (χ3v) is 6.80. The molecule has 0 saturated heterocycles. The molecule has 1 heterocycles. The van der Waals surface area contributed by atoms with Crippen LogP contribution >= 0.6 is 11.8 Å². The first-order valence-corrected chi connectivity index (χ1v) is 9.89. The van der Waals surface area contributed by atoms with Crippen molar-refractivity contribution < 1.29 is 18.7 Å². The topological polar surface area (TPSA) is 86.5 Å². The highest BCUT2D eigenvalue weighted by Gasteiger charge is 2.42. The number of carbonyl (C=O) groups excluding carboxylic acids is 1. The Morgan fingerprint density at radius 3 is 2.56 bits per heavy atom. The van der Waals surface area contributed by atoms with Crippen molar-refractivity contribution in [3.05, 3.63) is 63.7 Å². The van der Waals surface area contributed by atoms with Crippen molar-refractivity contribution in [1.29, 1.82) is 0 Å². The van der Waals surface area contributed by atoms with Gasteiger partial charge in [0, 0.05) is 33.1 Å². The van der Waals surface area contributed by atoms with E-state index in [0.29, 0.717) is 11.1 Å². The fraction of sp³-hybridized carbons (Fsp3) is 0.235. The molecule has 1 aliphatic rings. The maximum absolute atomic E-state index is 12.9. The fourth-order valence-electron chi connectivity index (χ4n) is 2.94. The number of carbonyl (C=O) groups is 1. The molecule has 0 bridgehead atoms. The standard InChI is InChI=1S/C17H15NO5S2/c1-23-12-8-5-7-11(14(12)18(20)21)16-17(25(2)22)15(19)10-6-3-4-9-13(10)24-16/h3-9,16-17H,1-2H3. The lowest BCUT2D eigenvalue weighted by Gasteiger charge is -2.30. The monoisotopic (exact) mass is 377 g/mol. The van der Waals surface area contributed by atoms with Gasteiger partial charge in [-0.05, 0) is 12.1 Å². The molecule has 3 unspecified atom stereocenters. The Bertz CT molecular complexity index is 883. The van der Waals surface area contributed by atoms with Gasteiger partial charge in [0.2, 0.25) is 0 Å². The van der Waals surface area contributed by atoms with E-state index in [1.807, 2.05) is 0 Å². The lowest BCUT2D eigenvalue weighted by molar-refractivity contribution is -0.386. The van der Waals surface area contributed by atoms with Gasteiger partial charge >= 0.3 is 5.69 Å². The van der Waals surface area contributed by atoms with Crippen LogP contribution in [0.4, 0.5) is 5.69 Å². The van der Waals surface area contributed by atoms with Crippen LogP contribution in [0.5, 0.6) is 5.75 Å². The lowest BCUT2D eigenvalue weighted by atomic mass is 9.99. The molecule has 8 heteroatoms. The molecule has 0 aliphatic carbocycles. The summed E-state index contributed by atoms with van der Waals surface area (Å²) in [4.78, 5) is 24.7. The van der Waals surface area contributed by atoms with Crippen LogP contribution in [0.25, 0.3) is 0 Å². The minimum absolute atomic E-state index is 0.120. The van der Waals surface area contributed by atoms with Crippen molar-refractivity contribution >= 4 is 34.0 Å². The zero-order valence-corrected chi connectivity index (χ0v) is 15.1. The summed E-state index contributed by atoms with van der Waals surface area (Å²) in [5.41, 5.74) is 0.664. The predicted octanol–water partition coefficient (Wildman–Crippen LogP) is 3.38. The Balaban J connectivity index is 2.21. The summed E-state index contributed by atoms with van der Waals surface area (Å²) in [7, 11) is -0.127. The van der Waals surface area contributed by atoms with Crippen molar-refractivity contribution in [1.82, 2.24) is 0 Å². The van der Waals surface area contributed by atoms with E-state index >= 15 is 0 Å². The number of benzene rings is 2. The van der Waals surface area contributed by atoms with Gasteiger partial charge in [0.15, 0.2) is 11.5 Å². The molecule has 3 atom stereocenters. The molecule has 25 heavy (non-hydrogen) atoms. The van der Waals surface area contributed by atoms with Gasteiger partial charge in [-0.25, -0.2) is 0 Å². The Labute approximate surface area is 151 Å². The highest BCUT2D eigenvalue weighted by atomic mass is 32.2. The predicted molar refractivity (Wildman–Crippen MR) is 96.9 cm³/mol. The Morgan fingerprint density at radius 2 is 1.92 bits per heavy atom. The molecule has 0 amide bonds. The number of hydrogen-bond acceptors (Lipinski definition) is 6. The summed E-state index contributed by atoms with van der Waals surface area (Å²) >= 11 is 1.33. The maximum Gasteiger partial charge on any atom is 0.315 e. The molecule has 0 radical (unpaired) electrons. The molecule has 0 spiro atoms. The van der Waals surface area contributed by atoms with Crippen LogP contribution in [0.1, 0.15) is 21.2 Å². The van der Waals surface area contributed by atoms with E-state index in [1.54, 1.807) is 36.4 Å². The molecule has 2 aromatic carbocycles. The summed E-state index contributed by atoms with van der Waals surface area (Å²) < 4.78 is 17.4. The number of hydrogen-bond donors (Lipinski definition) is 0. The van der Waals surface area contributed by atoms with Gasteiger partial charge in [0.05, 0.1) is 17.3 Å². The Kier molecular flexibility index (Phi) is 4.91. The second kappa shape index (κ2) is 6.97. The summed E-state index contributed by atoms with van der Waals surface area (Å²) in [6.07, 6.45) is 1.45. The minimum atomic E-state index is -1.48. The number of ether oxygens (including phenoxy) is 1. The SMILES string of the molecule is COc1cccc(C2Sc3ccccc3C(=O)C2S(C)=O)c1[N+](=O)[O-]. The average molecular weight is 377 g/mol. The summed E-state index contributed by atoms with van der Waals surface area (Å²) in [6.45, 7) is 0. The van der Waals surface area contributed by atoms with Crippen molar-refractivity contribution in [3.8, 4) is 5.75 Å². The third kappa shape index (κ3) is 3.07. The normalized spacial score (nSPS) is 20.6. The number of ketones is 1. The summed E-state index contributed by atoms with van der Waals surface area (Å²) in [5, 5.41) is 10.1. The molecule has 0 N–H and O–H groups in total. The quantitative estimate of drug-likeness (QED) is 0.600. The van der Waals surface area contributed by atoms with Crippen LogP contribution in [-0.4, -0.2) is 33.5 Å². The number of rotatable bonds is 4. The third-order valence-electron chi connectivity index (χ3n) is 4.04. The molecular weight excluding hydrogens is 362 g/mol. The Hall–Kier alpha value is -2.19. The smallest absolute Gasteiger partial charge is 0.315 e. The highest BCUT2D eigenvalue weighted by molar-refractivity contribution is 8.01. The number of nitrogens with zero attached hydrogens (tertiary/aromatic N) is 1. The van der Waals surface area contributed by atoms with Crippen LogP contribution in [-0.2, 0) is 10.8 Å². The van der Waals surface area contributed by atoms with Gasteiger partial charge in [0.1, 0.15) is 5.25 Å². The molecule has 2 aromatic rings. The van der Waals surface area contributed by atoms with Gasteiger partial charge in [-0.15, -0.1) is 11.8 Å². The number of nitro benzene ring substituents is 1. The van der Waals surface area contributed by atoms with Gasteiger partial charge in [-0.3, -0.25) is 19.1 Å². The average Bonchev–Trinajstić information content (AvgIpc) is 2.60. The van der Waals surface area contributed by atoms with Crippen LogP contribution in [0.2, 0.25) is 0 Å². The van der Waals surface area contributed by atoms with E-state index in [4.69, 9.17) is 4.74 Å². The van der Waals surface area contributed by atoms with Crippen molar-refractivity contribution in [2.75, 3.05) is 13.4 Å². The van der Waals surface area contributed by atoms with Crippen LogP contribution in [0.3, 0.4) is 0 Å². The largest absolute Gasteiger partial charge is 0.490 e. The van der Waals surface area contributed by atoms with E-state index in [1.165, 1.54) is 31.2 Å². The number of fused-ring (bicyclic) bond motifs is 1. The van der Waals surface area contributed by atoms with E-state index in [0.717, 1.165) is 4.90 Å². The van der Waals surface area contributed by atoms with Gasteiger partial charge < -0.3 is 4.74 Å². The number of methoxy groups -OCH3 is 1. The fourth-order valence-corrected chi connectivity index (χ4v) is 5.79. The number of thioether (sulfide) groups is 1. The summed E-state index contributed by atoms with van der Waals surface area (Å²) in [5.74, 6) is -0.132. The van der Waals surface area contributed by atoms with E-state index in [2.05, 4.69) is 0 Å². The molecule has 0 aromatic heterocycles. The van der Waals surface area contributed by atoms with Gasteiger partial charge in [0.25, 0.3) is 0 Å². The van der Waals surface area contributed by atoms with E-state index in [-0.39, 0.29) is 17.2 Å². The molecule has 0 saturated carbocycles. The molecule has 0 fully saturated rings. The first-order valence-electron chi connectivity index (χ1n) is 7.39. The number of para-hydroxylation sites is 1. The van der Waals surface area contributed by atoms with Crippen molar-refractivity contribution in [2.24, 2.45) is 0 Å². The van der Waals surface area contributed by atoms with Crippen LogP contribution < -0.4 is 4.74 Å². The minimum Gasteiger partial charge on any atom is -0.490 e. The van der Waals surface area contributed by atoms with Gasteiger partial charge in [-0.2, -0.15) is 0 Å². The lowest BCUT2D eigenvalue weighted by Crippen LogP contribution is -2.34. The van der Waals surface area contributed by atoms with Crippen molar-refractivity contribution in [2.45, 2.75) is 15.4 Å². The Morgan fingerprint density at radius 1 is 1.20 bits per heavy atom. The van der Waals surface area contributed by atoms with Crippen LogP contribution in [0, 0.1) is 10.1 Å². The molecule has 130 valence electrons. The molecule has 6 nitrogen and oxygen atoms in total. The van der Waals surface area contributed by atoms with Gasteiger partial charge in [-0.1, -0.05) is 30.3 Å². The zero-order valence-electron chi connectivity index (χ0n) is 13.5. The molecule has 1 aliphatic heterocycles. The highest BCUT2D eigenvalue weighted by Crippen LogP contribution is 2.50. The first-order chi connectivity index (χ1) is 12.0. The van der Waals surface area contributed by atoms with E-state index < -0.39 is 26.2 Å². The van der Waals surface area contributed by atoms with Crippen LogP contribution in [0.15, 0.2) is 47.4 Å². The molecular formula is C17H15NO5S2. The maximum atomic E-state index is 12.9. The summed E-state index contributed by atoms with van der Waals surface area (Å²) in [6, 6.07) is 11.8. The second-order valence-electron chi connectivity index (χ2n) is 5.47. The van der Waals surface area contributed by atoms with Crippen molar-refractivity contribution in [3.63, 3.8) is 0 Å². The number of nitro groups is 1. The first kappa shape index (κ1) is 17.6. The number of Topliss-reactive ketones (excluding diaryl/α,β-unsaturated/α-hetero) is 1. The van der Waals surface area contributed by atoms with E-state index in [9.17, 15) is 19.1 Å². The zero-order chi connectivity index (χ0) is 18.1.